The van der Waals surface area contributed by atoms with Gasteiger partial charge in [0.15, 0.2) is 16.8 Å². The quantitative estimate of drug-likeness (QED) is 0.514. The van der Waals surface area contributed by atoms with Gasteiger partial charge >= 0.3 is 6.09 Å². The van der Waals surface area contributed by atoms with Crippen LogP contribution in [0.3, 0.4) is 0 Å². The minimum atomic E-state index is -2.93. The van der Waals surface area contributed by atoms with Crippen molar-refractivity contribution in [3.8, 4) is 5.88 Å². The number of aliphatic imine (C=N–C) groups is 1. The Labute approximate surface area is 224 Å². The SMILES string of the molecule is COc1cnc(C(=O)Nc2cc(F)c(F)c([C@]34CO[C@H](C(F)F)[C@H]3CSC(NC(=O)OC(C)(C)C)=N4)c2)cn1. The fourth-order valence-electron chi connectivity index (χ4n) is 4.20. The molecule has 0 bridgehead atoms. The number of anilines is 1. The van der Waals surface area contributed by atoms with Gasteiger partial charge < -0.3 is 19.5 Å². The van der Waals surface area contributed by atoms with E-state index in [9.17, 15) is 22.8 Å². The van der Waals surface area contributed by atoms with Crippen molar-refractivity contribution in [1.82, 2.24) is 15.3 Å². The Morgan fingerprint density at radius 2 is 1.92 bits per heavy atom. The van der Waals surface area contributed by atoms with Gasteiger partial charge in [-0.05, 0) is 26.8 Å². The molecule has 4 rings (SSSR count). The zero-order chi connectivity index (χ0) is 28.5. The molecule has 0 unspecified atom stereocenters. The zero-order valence-corrected chi connectivity index (χ0v) is 22.1. The van der Waals surface area contributed by atoms with Crippen LogP contribution in [0, 0.1) is 17.6 Å². The van der Waals surface area contributed by atoms with E-state index in [1.165, 1.54) is 13.3 Å². The van der Waals surface area contributed by atoms with E-state index in [-0.39, 0.29) is 28.2 Å². The average molecular weight is 572 g/mol. The average Bonchev–Trinajstić information content (AvgIpc) is 3.25. The lowest BCUT2D eigenvalue weighted by molar-refractivity contribution is -0.0359. The number of alkyl carbamates (subject to hydrolysis) is 1. The normalized spacial score (nSPS) is 22.6. The summed E-state index contributed by atoms with van der Waals surface area (Å²) >= 11 is 0.947. The van der Waals surface area contributed by atoms with E-state index in [0.29, 0.717) is 0 Å². The summed E-state index contributed by atoms with van der Waals surface area (Å²) in [5.41, 5.74) is -3.42. The number of carbonyl (C=O) groups excluding carboxylic acids is 2. The third kappa shape index (κ3) is 6.08. The molecule has 2 amide bonds. The predicted molar refractivity (Wildman–Crippen MR) is 133 cm³/mol. The summed E-state index contributed by atoms with van der Waals surface area (Å²) in [4.78, 5) is 37.2. The number of fused-ring (bicyclic) bond motifs is 1. The van der Waals surface area contributed by atoms with Crippen molar-refractivity contribution >= 4 is 34.6 Å². The fraction of sp³-hybridized carbons (Fsp3) is 0.458. The van der Waals surface area contributed by atoms with Gasteiger partial charge in [-0.1, -0.05) is 11.8 Å². The smallest absolute Gasteiger partial charge is 0.413 e. The minimum Gasteiger partial charge on any atom is -0.480 e. The first kappa shape index (κ1) is 28.5. The zero-order valence-electron chi connectivity index (χ0n) is 21.3. The maximum Gasteiger partial charge on any atom is 0.413 e. The van der Waals surface area contributed by atoms with Gasteiger partial charge in [-0.2, -0.15) is 0 Å². The number of methoxy groups -OCH3 is 1. The van der Waals surface area contributed by atoms with Crippen LogP contribution in [0.5, 0.6) is 5.88 Å². The molecule has 39 heavy (non-hydrogen) atoms. The molecule has 0 radical (unpaired) electrons. The van der Waals surface area contributed by atoms with Crippen LogP contribution in [0.25, 0.3) is 0 Å². The highest BCUT2D eigenvalue weighted by Crippen LogP contribution is 2.50. The second-order valence-electron chi connectivity index (χ2n) is 9.71. The van der Waals surface area contributed by atoms with Crippen molar-refractivity contribution in [2.24, 2.45) is 10.9 Å². The van der Waals surface area contributed by atoms with Gasteiger partial charge in [0.25, 0.3) is 12.3 Å². The van der Waals surface area contributed by atoms with E-state index in [0.717, 1.165) is 30.1 Å². The summed E-state index contributed by atoms with van der Waals surface area (Å²) in [6.45, 7) is 4.42. The Morgan fingerprint density at radius 1 is 1.18 bits per heavy atom. The van der Waals surface area contributed by atoms with Crippen LogP contribution < -0.4 is 15.4 Å². The third-order valence-electron chi connectivity index (χ3n) is 5.89. The third-order valence-corrected chi connectivity index (χ3v) is 6.88. The summed E-state index contributed by atoms with van der Waals surface area (Å²) in [7, 11) is 1.37. The van der Waals surface area contributed by atoms with Crippen LogP contribution >= 0.6 is 11.8 Å². The molecule has 10 nitrogen and oxygen atoms in total. The monoisotopic (exact) mass is 571 g/mol. The van der Waals surface area contributed by atoms with E-state index in [1.54, 1.807) is 20.8 Å². The van der Waals surface area contributed by atoms with Gasteiger partial charge in [0.05, 0.1) is 26.1 Å². The van der Waals surface area contributed by atoms with Gasteiger partial charge in [0.1, 0.15) is 22.9 Å². The van der Waals surface area contributed by atoms with Crippen LogP contribution in [-0.2, 0) is 15.0 Å². The molecule has 2 aliphatic heterocycles. The summed E-state index contributed by atoms with van der Waals surface area (Å²) in [6, 6.07) is 1.84. The number of thioether (sulfide) groups is 1. The Balaban J connectivity index is 1.72. The Hall–Kier alpha value is -3.46. The summed E-state index contributed by atoms with van der Waals surface area (Å²) < 4.78 is 73.3. The molecule has 1 aromatic heterocycles. The molecule has 2 N–H and O–H groups in total. The van der Waals surface area contributed by atoms with E-state index in [4.69, 9.17) is 14.2 Å². The number of aromatic nitrogens is 2. The van der Waals surface area contributed by atoms with Gasteiger partial charge in [-0.3, -0.25) is 10.1 Å². The topological polar surface area (TPSA) is 124 Å². The molecule has 2 aromatic rings. The number of carbonyl (C=O) groups is 2. The molecule has 15 heteroatoms. The number of nitrogens with one attached hydrogen (secondary N) is 2. The minimum absolute atomic E-state index is 0.0400. The Bertz CT molecular complexity index is 1290. The number of hydrogen-bond acceptors (Lipinski definition) is 9. The van der Waals surface area contributed by atoms with Crippen molar-refractivity contribution in [3.63, 3.8) is 0 Å². The van der Waals surface area contributed by atoms with Gasteiger partial charge in [0, 0.05) is 29.0 Å². The first-order chi connectivity index (χ1) is 18.3. The number of rotatable bonds is 5. The van der Waals surface area contributed by atoms with Gasteiger partial charge in [0.2, 0.25) is 5.88 Å². The largest absolute Gasteiger partial charge is 0.480 e. The van der Waals surface area contributed by atoms with Gasteiger partial charge in [-0.15, -0.1) is 0 Å². The molecule has 3 heterocycles. The fourth-order valence-corrected chi connectivity index (χ4v) is 5.39. The number of hydrogen-bond donors (Lipinski definition) is 2. The lowest BCUT2D eigenvalue weighted by Crippen LogP contribution is -2.46. The lowest BCUT2D eigenvalue weighted by Gasteiger charge is -2.36. The molecule has 0 spiro atoms. The molecular weight excluding hydrogens is 546 g/mol. The standard InChI is InChI=1S/C24H25F4N5O5S/c1-23(2,3)38-22(35)32-21-33-24(10-37-18(19(27)28)13(24)9-39-21)12-5-11(6-14(25)17(12)26)31-20(34)15-7-30-16(36-4)8-29-15/h5-8,13,18-19H,9-10H2,1-4H3,(H,31,34)(H,32,33,35)/t13-,18+,24-/m1/s1. The van der Waals surface area contributed by atoms with E-state index >= 15 is 4.39 Å². The molecular formula is C24H25F4N5O5S. The number of nitrogens with zero attached hydrogens (tertiary/aromatic N) is 3. The molecule has 0 aliphatic carbocycles. The Kier molecular flexibility index (Phi) is 8.02. The van der Waals surface area contributed by atoms with E-state index in [2.05, 4.69) is 25.6 Å². The lowest BCUT2D eigenvalue weighted by atomic mass is 9.78. The number of benzene rings is 1. The molecule has 1 fully saturated rings. The van der Waals surface area contributed by atoms with E-state index < -0.39 is 65.4 Å². The van der Waals surface area contributed by atoms with Crippen LogP contribution in [0.15, 0.2) is 29.5 Å². The maximum absolute atomic E-state index is 15.3. The number of ether oxygens (including phenoxy) is 3. The highest BCUT2D eigenvalue weighted by Gasteiger charge is 2.57. The van der Waals surface area contributed by atoms with Crippen LogP contribution in [0.1, 0.15) is 36.8 Å². The van der Waals surface area contributed by atoms with Gasteiger partial charge in [-0.25, -0.2) is 37.3 Å². The first-order valence-electron chi connectivity index (χ1n) is 11.6. The van der Waals surface area contributed by atoms with Crippen molar-refractivity contribution in [2.75, 3.05) is 24.8 Å². The van der Waals surface area contributed by atoms with Crippen molar-refractivity contribution < 1.29 is 41.4 Å². The van der Waals surface area contributed by atoms with E-state index in [1.807, 2.05) is 0 Å². The molecule has 210 valence electrons. The molecule has 0 saturated carbocycles. The maximum atomic E-state index is 15.3. The summed E-state index contributed by atoms with van der Waals surface area (Å²) in [5.74, 6) is -4.48. The summed E-state index contributed by atoms with van der Waals surface area (Å²) in [5, 5.41) is 4.80. The highest BCUT2D eigenvalue weighted by atomic mass is 32.2. The highest BCUT2D eigenvalue weighted by molar-refractivity contribution is 8.13. The molecule has 2 aliphatic rings. The number of amides is 2. The second kappa shape index (κ2) is 11.0. The molecule has 1 saturated heterocycles. The van der Waals surface area contributed by atoms with Crippen molar-refractivity contribution in [1.29, 1.82) is 0 Å². The van der Waals surface area contributed by atoms with Crippen LogP contribution in [0.2, 0.25) is 0 Å². The second-order valence-corrected chi connectivity index (χ2v) is 10.7. The Morgan fingerprint density at radius 3 is 2.54 bits per heavy atom. The van der Waals surface area contributed by atoms with Crippen molar-refractivity contribution in [3.05, 3.63) is 47.4 Å². The van der Waals surface area contributed by atoms with Crippen LogP contribution in [0.4, 0.5) is 28.0 Å². The number of amidine groups is 1. The first-order valence-corrected chi connectivity index (χ1v) is 12.6. The van der Waals surface area contributed by atoms with Crippen molar-refractivity contribution in [2.45, 2.75) is 44.4 Å². The predicted octanol–water partition coefficient (Wildman–Crippen LogP) is 4.12. The van der Waals surface area contributed by atoms with Crippen LogP contribution in [-0.4, -0.2) is 64.7 Å². The molecule has 1 aromatic carbocycles. The number of halogens is 4. The molecule has 3 atom stereocenters. The number of alkyl halides is 2. The summed E-state index contributed by atoms with van der Waals surface area (Å²) in [6.07, 6.45) is -3.10.